The van der Waals surface area contributed by atoms with Crippen LogP contribution in [0.15, 0.2) is 0 Å². The molecule has 1 unspecified atom stereocenters. The van der Waals surface area contributed by atoms with Gasteiger partial charge in [-0.2, -0.15) is 0 Å². The van der Waals surface area contributed by atoms with Crippen molar-refractivity contribution in [2.75, 3.05) is 19.6 Å². The number of ether oxygens (including phenoxy) is 1. The molecule has 0 aromatic carbocycles. The van der Waals surface area contributed by atoms with Gasteiger partial charge in [-0.25, -0.2) is 8.78 Å². The number of likely N-dealkylation sites (tertiary alicyclic amines) is 1. The number of hydrogen-bond donors (Lipinski definition) is 1. The van der Waals surface area contributed by atoms with Crippen molar-refractivity contribution in [2.24, 2.45) is 0 Å². The Morgan fingerprint density at radius 3 is 2.23 bits per heavy atom. The lowest BCUT2D eigenvalue weighted by Crippen LogP contribution is -2.48. The smallest absolute Gasteiger partial charge is 0.262 e. The summed E-state index contributed by atoms with van der Waals surface area (Å²) >= 11 is 0. The molecule has 0 bridgehead atoms. The molecule has 2 heterocycles. The van der Waals surface area contributed by atoms with Gasteiger partial charge >= 0.3 is 0 Å². The fraction of sp³-hybridized carbons (Fsp3) is 0.933. The highest BCUT2D eigenvalue weighted by atomic mass is 35.5. The Labute approximate surface area is 136 Å². The molecule has 3 rings (SSSR count). The van der Waals surface area contributed by atoms with Gasteiger partial charge in [-0.3, -0.25) is 10.1 Å². The fourth-order valence-corrected chi connectivity index (χ4v) is 3.62. The molecule has 0 spiro atoms. The van der Waals surface area contributed by atoms with Gasteiger partial charge in [0.05, 0.1) is 24.8 Å². The predicted octanol–water partition coefficient (Wildman–Crippen LogP) is 2.36. The van der Waals surface area contributed by atoms with Crippen LogP contribution in [0, 0.1) is 0 Å². The predicted molar refractivity (Wildman–Crippen MR) is 81.5 cm³/mol. The minimum atomic E-state index is -2.75. The minimum Gasteiger partial charge on any atom is -0.375 e. The van der Waals surface area contributed by atoms with Gasteiger partial charge in [0.25, 0.3) is 5.92 Å². The summed E-state index contributed by atoms with van der Waals surface area (Å²) in [5.74, 6) is -2.92. The van der Waals surface area contributed by atoms with Crippen LogP contribution in [0.25, 0.3) is 0 Å². The first-order valence-electron chi connectivity index (χ1n) is 8.09. The van der Waals surface area contributed by atoms with E-state index in [2.05, 4.69) is 5.32 Å². The van der Waals surface area contributed by atoms with E-state index in [1.807, 2.05) is 0 Å². The Morgan fingerprint density at radius 2 is 1.68 bits per heavy atom. The van der Waals surface area contributed by atoms with E-state index >= 15 is 0 Å². The molecule has 128 valence electrons. The van der Waals surface area contributed by atoms with Gasteiger partial charge in [0.15, 0.2) is 0 Å². The number of carbonyl (C=O) groups is 1. The van der Waals surface area contributed by atoms with Crippen LogP contribution in [0.3, 0.4) is 0 Å². The van der Waals surface area contributed by atoms with Crippen LogP contribution in [0.5, 0.6) is 0 Å². The summed E-state index contributed by atoms with van der Waals surface area (Å²) in [7, 11) is 0. The van der Waals surface area contributed by atoms with Crippen LogP contribution >= 0.6 is 12.4 Å². The maximum atomic E-state index is 13.2. The lowest BCUT2D eigenvalue weighted by Gasteiger charge is -2.34. The monoisotopic (exact) mass is 338 g/mol. The molecule has 1 amide bonds. The average molecular weight is 339 g/mol. The maximum Gasteiger partial charge on any atom is 0.262 e. The maximum absolute atomic E-state index is 13.2. The molecule has 3 aliphatic rings. The van der Waals surface area contributed by atoms with Gasteiger partial charge in [0.1, 0.15) is 0 Å². The number of nitrogens with one attached hydrogen (secondary N) is 1. The first-order valence-corrected chi connectivity index (χ1v) is 8.09. The van der Waals surface area contributed by atoms with Crippen LogP contribution in [-0.4, -0.2) is 54.6 Å². The van der Waals surface area contributed by atoms with Crippen molar-refractivity contribution in [2.45, 2.75) is 69.1 Å². The van der Waals surface area contributed by atoms with Gasteiger partial charge < -0.3 is 9.64 Å². The molecule has 0 aromatic heterocycles. The third-order valence-corrected chi connectivity index (χ3v) is 4.85. The van der Waals surface area contributed by atoms with Crippen LogP contribution < -0.4 is 5.32 Å². The van der Waals surface area contributed by atoms with E-state index in [4.69, 9.17) is 4.74 Å². The van der Waals surface area contributed by atoms with Crippen molar-refractivity contribution in [1.29, 1.82) is 0 Å². The molecule has 22 heavy (non-hydrogen) atoms. The van der Waals surface area contributed by atoms with Crippen LogP contribution in [0.4, 0.5) is 8.78 Å². The largest absolute Gasteiger partial charge is 0.375 e. The second-order valence-corrected chi connectivity index (χ2v) is 6.56. The molecular formula is C15H25ClF2N2O2. The van der Waals surface area contributed by atoms with Gasteiger partial charge in [-0.05, 0) is 25.7 Å². The van der Waals surface area contributed by atoms with E-state index in [-0.39, 0.29) is 37.4 Å². The van der Waals surface area contributed by atoms with Gasteiger partial charge in [-0.15, -0.1) is 12.4 Å². The SMILES string of the molecule is Cl.O=C(C1CC(F)(F)CN1)N1CCC(OC2CCCC2)CC1. The van der Waals surface area contributed by atoms with Crippen molar-refractivity contribution < 1.29 is 18.3 Å². The summed E-state index contributed by atoms with van der Waals surface area (Å²) in [5, 5.41) is 2.64. The summed E-state index contributed by atoms with van der Waals surface area (Å²) in [5.41, 5.74) is 0. The van der Waals surface area contributed by atoms with Crippen molar-refractivity contribution in [3.05, 3.63) is 0 Å². The third-order valence-electron chi connectivity index (χ3n) is 4.85. The molecule has 1 aliphatic carbocycles. The number of hydrogen-bond acceptors (Lipinski definition) is 3. The summed E-state index contributed by atoms with van der Waals surface area (Å²) in [6, 6.07) is -0.715. The molecule has 4 nitrogen and oxygen atoms in total. The summed E-state index contributed by atoms with van der Waals surface area (Å²) in [4.78, 5) is 13.9. The number of halogens is 3. The quantitative estimate of drug-likeness (QED) is 0.859. The molecule has 1 atom stereocenters. The van der Waals surface area contributed by atoms with E-state index < -0.39 is 12.0 Å². The molecular weight excluding hydrogens is 314 g/mol. The molecule has 3 fully saturated rings. The summed E-state index contributed by atoms with van der Waals surface area (Å²) in [6.45, 7) is 0.866. The molecule has 2 saturated heterocycles. The molecule has 7 heteroatoms. The highest BCUT2D eigenvalue weighted by Crippen LogP contribution is 2.28. The summed E-state index contributed by atoms with van der Waals surface area (Å²) in [6.07, 6.45) is 6.72. The van der Waals surface area contributed by atoms with Crippen LogP contribution in [0.1, 0.15) is 44.9 Å². The first kappa shape index (κ1) is 17.9. The van der Waals surface area contributed by atoms with Crippen LogP contribution in [-0.2, 0) is 9.53 Å². The van der Waals surface area contributed by atoms with Gasteiger partial charge in [0.2, 0.25) is 5.91 Å². The van der Waals surface area contributed by atoms with Crippen molar-refractivity contribution >= 4 is 18.3 Å². The Morgan fingerprint density at radius 1 is 1.09 bits per heavy atom. The number of rotatable bonds is 3. The van der Waals surface area contributed by atoms with E-state index in [0.29, 0.717) is 19.2 Å². The zero-order chi connectivity index (χ0) is 14.9. The van der Waals surface area contributed by atoms with Gasteiger partial charge in [0, 0.05) is 19.5 Å². The normalized spacial score (nSPS) is 29.5. The number of amides is 1. The summed E-state index contributed by atoms with van der Waals surface area (Å²) < 4.78 is 32.4. The van der Waals surface area contributed by atoms with Crippen LogP contribution in [0.2, 0.25) is 0 Å². The fourth-order valence-electron chi connectivity index (χ4n) is 3.62. The van der Waals surface area contributed by atoms with E-state index in [1.54, 1.807) is 4.90 Å². The zero-order valence-corrected chi connectivity index (χ0v) is 13.5. The van der Waals surface area contributed by atoms with Crippen molar-refractivity contribution in [1.82, 2.24) is 10.2 Å². The first-order chi connectivity index (χ1) is 10.0. The zero-order valence-electron chi connectivity index (χ0n) is 12.7. The highest BCUT2D eigenvalue weighted by molar-refractivity contribution is 5.85. The van der Waals surface area contributed by atoms with Crippen molar-refractivity contribution in [3.8, 4) is 0 Å². The minimum absolute atomic E-state index is 0. The van der Waals surface area contributed by atoms with Crippen molar-refractivity contribution in [3.63, 3.8) is 0 Å². The highest BCUT2D eigenvalue weighted by Gasteiger charge is 2.44. The number of piperidine rings is 1. The Kier molecular flexibility index (Phi) is 6.02. The number of carbonyl (C=O) groups excluding carboxylic acids is 1. The average Bonchev–Trinajstić information content (AvgIpc) is 3.08. The number of nitrogens with zero attached hydrogens (tertiary/aromatic N) is 1. The number of alkyl halides is 2. The van der Waals surface area contributed by atoms with E-state index in [1.165, 1.54) is 12.8 Å². The molecule has 1 N–H and O–H groups in total. The molecule has 0 aromatic rings. The Hall–Kier alpha value is -0.460. The molecule has 0 radical (unpaired) electrons. The van der Waals surface area contributed by atoms with Gasteiger partial charge in [-0.1, -0.05) is 12.8 Å². The lowest BCUT2D eigenvalue weighted by atomic mass is 10.1. The van der Waals surface area contributed by atoms with E-state index in [0.717, 1.165) is 25.7 Å². The third kappa shape index (κ3) is 4.30. The second kappa shape index (κ2) is 7.41. The topological polar surface area (TPSA) is 41.6 Å². The standard InChI is InChI=1S/C15H24F2N2O2.ClH/c16-15(17)9-13(18-10-15)14(20)19-7-5-12(6-8-19)21-11-3-1-2-4-11;/h11-13,18H,1-10H2;1H. The Balaban J connectivity index is 0.00000176. The van der Waals surface area contributed by atoms with E-state index in [9.17, 15) is 13.6 Å². The second-order valence-electron chi connectivity index (χ2n) is 6.56. The molecule has 2 aliphatic heterocycles. The molecule has 1 saturated carbocycles. The lowest BCUT2D eigenvalue weighted by molar-refractivity contribution is -0.137. The Bertz CT molecular complexity index is 384.